The third kappa shape index (κ3) is 4.60. The van der Waals surface area contributed by atoms with Crippen LogP contribution in [-0.2, 0) is 21.2 Å². The second-order valence-corrected chi connectivity index (χ2v) is 10.4. The van der Waals surface area contributed by atoms with E-state index in [1.54, 1.807) is 13.0 Å². The Morgan fingerprint density at radius 1 is 1.28 bits per heavy atom. The minimum atomic E-state index is -3.71. The number of Topliss-reactive ketones (excluding diaryl/α,β-unsaturated/α-hetero) is 1. The number of anilines is 3. The van der Waals surface area contributed by atoms with Crippen LogP contribution in [0.3, 0.4) is 0 Å². The number of carbonyl (C=O) groups is 3. The van der Waals surface area contributed by atoms with Crippen molar-refractivity contribution in [2.24, 2.45) is 5.92 Å². The number of benzene rings is 1. The summed E-state index contributed by atoms with van der Waals surface area (Å²) >= 11 is 1.06. The van der Waals surface area contributed by atoms with Crippen molar-refractivity contribution in [1.29, 1.82) is 0 Å². The minimum Gasteiger partial charge on any atom is -0.481 e. The zero-order valence-corrected chi connectivity index (χ0v) is 18.1. The van der Waals surface area contributed by atoms with Gasteiger partial charge in [0.25, 0.3) is 0 Å². The molecule has 2 aliphatic rings. The summed E-state index contributed by atoms with van der Waals surface area (Å²) in [6, 6.07) is 2.49. The van der Waals surface area contributed by atoms with Gasteiger partial charge in [0.1, 0.15) is 0 Å². The van der Waals surface area contributed by atoms with E-state index in [2.05, 4.69) is 20.3 Å². The number of hydrogen-bond donors (Lipinski definition) is 4. The fourth-order valence-electron chi connectivity index (χ4n) is 3.98. The van der Waals surface area contributed by atoms with Gasteiger partial charge in [0, 0.05) is 16.9 Å². The van der Waals surface area contributed by atoms with Gasteiger partial charge >= 0.3 is 12.0 Å². The molecule has 2 unspecified atom stereocenters. The van der Waals surface area contributed by atoms with E-state index in [9.17, 15) is 22.8 Å². The van der Waals surface area contributed by atoms with Crippen molar-refractivity contribution >= 4 is 55.7 Å². The Bertz CT molecular complexity index is 1190. The molecule has 2 heterocycles. The number of aliphatic carboxylic acids is 1. The van der Waals surface area contributed by atoms with Crippen molar-refractivity contribution < 1.29 is 27.9 Å². The highest BCUT2D eigenvalue weighted by atomic mass is 32.2. The van der Waals surface area contributed by atoms with Crippen LogP contribution in [-0.4, -0.2) is 41.5 Å². The van der Waals surface area contributed by atoms with Crippen molar-refractivity contribution in [3.63, 3.8) is 0 Å². The van der Waals surface area contributed by atoms with Crippen molar-refractivity contribution in [3.05, 3.63) is 34.3 Å². The Balaban J connectivity index is 0.00000289. The van der Waals surface area contributed by atoms with Gasteiger partial charge in [0.05, 0.1) is 28.7 Å². The molecule has 1 aliphatic heterocycles. The van der Waals surface area contributed by atoms with Gasteiger partial charge in [-0.2, -0.15) is 0 Å². The van der Waals surface area contributed by atoms with Crippen molar-refractivity contribution in [2.75, 3.05) is 15.4 Å². The van der Waals surface area contributed by atoms with Crippen molar-refractivity contribution in [1.82, 2.24) is 4.98 Å². The predicted molar refractivity (Wildman–Crippen MR) is 122 cm³/mol. The summed E-state index contributed by atoms with van der Waals surface area (Å²) in [5.74, 6) is -1.52. The molecule has 0 saturated heterocycles. The fraction of sp³-hybridized carbons (Fsp3) is 0.400. The van der Waals surface area contributed by atoms with Gasteiger partial charge in [-0.3, -0.25) is 19.6 Å². The number of aromatic nitrogens is 1. The number of fused-ring (bicyclic) bond motifs is 3. The van der Waals surface area contributed by atoms with Gasteiger partial charge in [-0.15, -0.1) is 11.3 Å². The Hall–Kier alpha value is -2.99. The quantitative estimate of drug-likeness (QED) is 0.522. The molecule has 1 aromatic carbocycles. The molecule has 4 N–H and O–H groups in total. The SMILES string of the molecule is C.Cc1ccc(NC(=O)Nc2nc(CC(=O)O)cs2)c2c1C(=O)C1CCC(C1)S(=O)(=O)N2. The highest BCUT2D eigenvalue weighted by molar-refractivity contribution is 7.93. The number of sulfonamides is 1. The molecule has 32 heavy (non-hydrogen) atoms. The largest absolute Gasteiger partial charge is 0.481 e. The lowest BCUT2D eigenvalue weighted by molar-refractivity contribution is -0.136. The molecular weight excluding hydrogens is 456 g/mol. The number of hydrogen-bond acceptors (Lipinski definition) is 7. The Morgan fingerprint density at radius 3 is 2.75 bits per heavy atom. The normalized spacial score (nSPS) is 20.7. The molecule has 2 aromatic rings. The van der Waals surface area contributed by atoms with Crippen LogP contribution in [0.5, 0.6) is 0 Å². The van der Waals surface area contributed by atoms with Gasteiger partial charge in [0.15, 0.2) is 10.9 Å². The standard InChI is InChI=1S/C19H20N4O6S2.CH4/c1-9-2-5-13(21-18(27)22-19-20-11(8-30-19)7-14(24)25)16-15(9)17(26)10-3-4-12(6-10)31(28,29)23-16;/h2,5,8,10,12,23H,3-4,6-7H2,1H3,(H,24,25)(H2,20,21,22,27);1H4. The van der Waals surface area contributed by atoms with Gasteiger partial charge in [-0.25, -0.2) is 18.2 Å². The number of nitrogens with one attached hydrogen (secondary N) is 3. The Morgan fingerprint density at radius 2 is 2.03 bits per heavy atom. The van der Waals surface area contributed by atoms with E-state index in [1.807, 2.05) is 0 Å². The number of aryl methyl sites for hydroxylation is 1. The molecule has 1 saturated carbocycles. The summed E-state index contributed by atoms with van der Waals surface area (Å²) in [6.45, 7) is 1.72. The van der Waals surface area contributed by atoms with Crippen molar-refractivity contribution in [2.45, 2.75) is 45.3 Å². The molecule has 0 radical (unpaired) electrons. The summed E-state index contributed by atoms with van der Waals surface area (Å²) in [7, 11) is -3.71. The van der Waals surface area contributed by atoms with Crippen LogP contribution in [0.2, 0.25) is 0 Å². The van der Waals surface area contributed by atoms with Gasteiger partial charge in [0.2, 0.25) is 10.0 Å². The van der Waals surface area contributed by atoms with Crippen LogP contribution in [0.1, 0.15) is 48.3 Å². The maximum Gasteiger partial charge on any atom is 0.325 e. The van der Waals surface area contributed by atoms with E-state index in [4.69, 9.17) is 5.11 Å². The zero-order valence-electron chi connectivity index (χ0n) is 16.5. The predicted octanol–water partition coefficient (Wildman–Crippen LogP) is 3.47. The number of ketones is 1. The highest BCUT2D eigenvalue weighted by Crippen LogP contribution is 2.41. The van der Waals surface area contributed by atoms with E-state index < -0.39 is 27.3 Å². The zero-order chi connectivity index (χ0) is 22.3. The summed E-state index contributed by atoms with van der Waals surface area (Å²) in [4.78, 5) is 40.4. The first-order valence-corrected chi connectivity index (χ1v) is 12.0. The van der Waals surface area contributed by atoms with E-state index >= 15 is 0 Å². The Labute approximate surface area is 189 Å². The summed E-state index contributed by atoms with van der Waals surface area (Å²) in [6.07, 6.45) is 0.973. The summed E-state index contributed by atoms with van der Waals surface area (Å²) < 4.78 is 28.1. The number of carboxylic acid groups (broad SMARTS) is 1. The van der Waals surface area contributed by atoms with Gasteiger partial charge in [-0.05, 0) is 37.8 Å². The lowest BCUT2D eigenvalue weighted by Crippen LogP contribution is -2.31. The van der Waals surface area contributed by atoms with Gasteiger partial charge < -0.3 is 10.4 Å². The molecule has 4 rings (SSSR count). The average Bonchev–Trinajstić information content (AvgIpc) is 3.33. The van der Waals surface area contributed by atoms with Crippen LogP contribution in [0, 0.1) is 12.8 Å². The van der Waals surface area contributed by atoms with Crippen LogP contribution in [0.15, 0.2) is 17.5 Å². The first kappa shape index (κ1) is 23.7. The average molecular weight is 481 g/mol. The van der Waals surface area contributed by atoms with Crippen LogP contribution >= 0.6 is 11.3 Å². The molecule has 1 fully saturated rings. The molecule has 2 bridgehead atoms. The molecule has 172 valence electrons. The maximum atomic E-state index is 13.1. The van der Waals surface area contributed by atoms with Crippen LogP contribution in [0.4, 0.5) is 21.3 Å². The minimum absolute atomic E-state index is 0. The smallest absolute Gasteiger partial charge is 0.325 e. The molecule has 10 nitrogen and oxygen atoms in total. The second-order valence-electron chi connectivity index (χ2n) is 7.62. The molecular formula is C20H24N4O6S2. The van der Waals surface area contributed by atoms with E-state index in [-0.39, 0.29) is 47.6 Å². The molecule has 2 amide bonds. The van der Waals surface area contributed by atoms with E-state index in [0.29, 0.717) is 30.5 Å². The number of carbonyl (C=O) groups excluding carboxylic acids is 2. The Kier molecular flexibility index (Phi) is 6.56. The molecule has 1 aliphatic carbocycles. The fourth-order valence-corrected chi connectivity index (χ4v) is 6.28. The maximum absolute atomic E-state index is 13.1. The van der Waals surface area contributed by atoms with Crippen molar-refractivity contribution in [3.8, 4) is 0 Å². The number of urea groups is 1. The lowest BCUT2D eigenvalue weighted by atomic mass is 9.91. The third-order valence-corrected chi connectivity index (χ3v) is 8.05. The molecule has 2 atom stereocenters. The first-order chi connectivity index (χ1) is 14.6. The lowest BCUT2D eigenvalue weighted by Gasteiger charge is -2.24. The molecule has 0 spiro atoms. The van der Waals surface area contributed by atoms with E-state index in [0.717, 1.165) is 11.3 Å². The molecule has 1 aromatic heterocycles. The number of amides is 2. The van der Waals surface area contributed by atoms with E-state index in [1.165, 1.54) is 11.4 Å². The van der Waals surface area contributed by atoms with Crippen LogP contribution < -0.4 is 15.4 Å². The number of carboxylic acids is 1. The number of nitrogens with zero attached hydrogens (tertiary/aromatic N) is 1. The summed E-state index contributed by atoms with van der Waals surface area (Å²) in [5, 5.41) is 15.0. The number of rotatable bonds is 4. The first-order valence-electron chi connectivity index (χ1n) is 9.57. The number of thiazole rings is 1. The topological polar surface area (TPSA) is 155 Å². The summed E-state index contributed by atoms with van der Waals surface area (Å²) in [5.41, 5.74) is 1.42. The third-order valence-electron chi connectivity index (χ3n) is 5.45. The molecule has 12 heteroatoms. The van der Waals surface area contributed by atoms with Crippen LogP contribution in [0.25, 0.3) is 0 Å². The highest BCUT2D eigenvalue weighted by Gasteiger charge is 2.42. The second kappa shape index (κ2) is 8.87. The monoisotopic (exact) mass is 480 g/mol. The van der Waals surface area contributed by atoms with Gasteiger partial charge in [-0.1, -0.05) is 13.5 Å².